The van der Waals surface area contributed by atoms with Crippen molar-refractivity contribution in [2.75, 3.05) is 66.4 Å². The van der Waals surface area contributed by atoms with Gasteiger partial charge in [-0.2, -0.15) is 0 Å². The average Bonchev–Trinajstić information content (AvgIpc) is 3.22. The number of likely N-dealkylation sites (N-methyl/N-ethyl adjacent to an activating group) is 2. The zero-order valence-electron chi connectivity index (χ0n) is 46.3. The highest BCUT2D eigenvalue weighted by atomic mass is 35.5. The normalized spacial score (nSPS) is 10.2. The van der Waals surface area contributed by atoms with E-state index in [0.717, 1.165) is 13.1 Å². The van der Waals surface area contributed by atoms with E-state index >= 15 is 0 Å². The summed E-state index contributed by atoms with van der Waals surface area (Å²) in [7, 11) is 7.93. The molecule has 0 heterocycles. The molecular weight excluding hydrogens is 932 g/mol. The van der Waals surface area contributed by atoms with Gasteiger partial charge in [0, 0.05) is 61.8 Å². The number of carbonyl (C=O) groups excluding carboxylic acids is 8. The number of Topliss-reactive ketones (excluding diaryl/α,β-unsaturated/α-hetero) is 2. The van der Waals surface area contributed by atoms with Crippen molar-refractivity contribution in [2.45, 2.75) is 142 Å². The summed E-state index contributed by atoms with van der Waals surface area (Å²) in [6.45, 7) is 36.7. The van der Waals surface area contributed by atoms with Crippen molar-refractivity contribution in [2.24, 2.45) is 29.6 Å². The minimum atomic E-state index is -0.918. The van der Waals surface area contributed by atoms with Gasteiger partial charge in [-0.05, 0) is 106 Å². The first kappa shape index (κ1) is 82.0. The van der Waals surface area contributed by atoms with Gasteiger partial charge in [-0.15, -0.1) is 23.2 Å². The number of halogens is 4. The standard InChI is InChI=1S/2C10H19NO.C6H11NO.C6H10O.C5H10ClNO.C5H9ClO.C5H10FNO.C5H9FO/c2*1-9(2)8-10(12)6-5-7-11(3)4;1-4-6(8)7-5(2)3;1-4-6(7)5(2)3;1-4(2)7-5(8)3-6;1-4(2)5(7)3-6;1-4(2)7-5(8)3-6;1-4(2)5(7)3-6/h2*5-6,9H,7-8H2,1-4H3;4-5H,1H2,2-3H3,(H,7,8);4-5H,1H2,2-3H3;4H,3H2,1-2H3,(H,7,8);4H,3H2,1-2H3;4H,3H2,1-2H3,(H,7,8);4H,3H2,1-2H3/b2*6-5+;;;;;;. The molecule has 69 heavy (non-hydrogen) atoms. The van der Waals surface area contributed by atoms with E-state index in [0.29, 0.717) is 24.7 Å². The Labute approximate surface area is 428 Å². The molecule has 0 aromatic rings. The average molecular weight is 1030 g/mol. The highest BCUT2D eigenvalue weighted by Gasteiger charge is 2.05. The van der Waals surface area contributed by atoms with Crippen LogP contribution in [0.2, 0.25) is 0 Å². The first-order valence-electron chi connectivity index (χ1n) is 23.2. The van der Waals surface area contributed by atoms with E-state index in [-0.39, 0.29) is 88.4 Å². The number of carbonyl (C=O) groups is 8. The zero-order chi connectivity index (χ0) is 56.4. The number of hydrogen-bond donors (Lipinski definition) is 3. The Kier molecular flexibility index (Phi) is 67.4. The summed E-state index contributed by atoms with van der Waals surface area (Å²) in [5, 5.41) is 7.64. The number of alkyl halides is 4. The second-order valence-electron chi connectivity index (χ2n) is 18.3. The summed E-state index contributed by atoms with van der Waals surface area (Å²) in [5.41, 5.74) is 0. The van der Waals surface area contributed by atoms with E-state index in [1.807, 2.05) is 106 Å². The predicted octanol–water partition coefficient (Wildman–Crippen LogP) is 9.39. The van der Waals surface area contributed by atoms with Crippen molar-refractivity contribution >= 4 is 69.8 Å². The number of nitrogens with zero attached hydrogens (tertiary/aromatic N) is 2. The lowest BCUT2D eigenvalue weighted by Crippen LogP contribution is -2.31. The lowest BCUT2D eigenvalue weighted by molar-refractivity contribution is -0.123. The molecule has 0 aliphatic rings. The maximum atomic E-state index is 11.3. The zero-order valence-corrected chi connectivity index (χ0v) is 47.8. The molecule has 17 heteroatoms. The van der Waals surface area contributed by atoms with Crippen molar-refractivity contribution in [1.82, 2.24) is 25.8 Å². The fourth-order valence-corrected chi connectivity index (χ4v) is 3.73. The van der Waals surface area contributed by atoms with E-state index in [4.69, 9.17) is 23.2 Å². The first-order valence-corrected chi connectivity index (χ1v) is 24.3. The molecule has 0 atom stereocenters. The van der Waals surface area contributed by atoms with Gasteiger partial charge in [0.1, 0.15) is 18.3 Å². The molecule has 0 spiro atoms. The largest absolute Gasteiger partial charge is 0.353 e. The third-order valence-corrected chi connectivity index (χ3v) is 7.35. The topological polar surface area (TPSA) is 179 Å². The maximum Gasteiger partial charge on any atom is 0.251 e. The number of ketones is 5. The Morgan fingerprint density at radius 1 is 0.493 bits per heavy atom. The Bertz CT molecular complexity index is 1350. The summed E-state index contributed by atoms with van der Waals surface area (Å²) in [6.07, 6.45) is 11.1. The van der Waals surface area contributed by atoms with Gasteiger partial charge in [-0.3, -0.25) is 38.4 Å². The van der Waals surface area contributed by atoms with E-state index in [9.17, 15) is 47.1 Å². The minimum absolute atomic E-state index is 0.0400. The van der Waals surface area contributed by atoms with Crippen LogP contribution in [0, 0.1) is 29.6 Å². The number of hydrogen-bond acceptors (Lipinski definition) is 10. The molecule has 13 nitrogen and oxygen atoms in total. The number of allylic oxidation sites excluding steroid dienone is 3. The summed E-state index contributed by atoms with van der Waals surface area (Å²) in [5.74, 6) is 0.778. The minimum Gasteiger partial charge on any atom is -0.353 e. The van der Waals surface area contributed by atoms with E-state index in [1.165, 1.54) is 12.2 Å². The van der Waals surface area contributed by atoms with Crippen LogP contribution in [-0.4, -0.2) is 141 Å². The Hall–Kier alpha value is -3.92. The van der Waals surface area contributed by atoms with Gasteiger partial charge in [0.05, 0.1) is 5.88 Å². The summed E-state index contributed by atoms with van der Waals surface area (Å²) in [6, 6.07) is 0.444. The van der Waals surface area contributed by atoms with E-state index < -0.39 is 19.3 Å². The second kappa shape index (κ2) is 56.7. The van der Waals surface area contributed by atoms with Crippen LogP contribution in [0.25, 0.3) is 0 Å². The van der Waals surface area contributed by atoms with E-state index in [2.05, 4.69) is 56.8 Å². The number of rotatable bonds is 22. The highest BCUT2D eigenvalue weighted by molar-refractivity contribution is 6.28. The third kappa shape index (κ3) is 91.1. The fraction of sp³-hybridized carbons (Fsp3) is 0.692. The number of nitrogens with one attached hydrogen (secondary N) is 3. The van der Waals surface area contributed by atoms with Gasteiger partial charge in [0.15, 0.2) is 29.8 Å². The van der Waals surface area contributed by atoms with Gasteiger partial charge in [-0.1, -0.05) is 94.5 Å². The van der Waals surface area contributed by atoms with Crippen LogP contribution in [0.3, 0.4) is 0 Å². The molecule has 0 aromatic carbocycles. The smallest absolute Gasteiger partial charge is 0.251 e. The van der Waals surface area contributed by atoms with Crippen LogP contribution in [-0.2, 0) is 38.4 Å². The molecule has 0 unspecified atom stereocenters. The summed E-state index contributed by atoms with van der Waals surface area (Å²) >= 11 is 10.4. The lowest BCUT2D eigenvalue weighted by Gasteiger charge is -2.03. The van der Waals surface area contributed by atoms with Crippen LogP contribution in [0.15, 0.2) is 49.6 Å². The summed E-state index contributed by atoms with van der Waals surface area (Å²) < 4.78 is 22.6. The van der Waals surface area contributed by atoms with Gasteiger partial charge in [0.2, 0.25) is 11.8 Å². The highest BCUT2D eigenvalue weighted by Crippen LogP contribution is 2.01. The molecule has 0 bridgehead atoms. The van der Waals surface area contributed by atoms with Crippen LogP contribution in [0.4, 0.5) is 8.78 Å². The SMILES string of the molecule is C=CC(=O)C(C)C.C=CC(=O)NC(C)C.CC(C)C(=O)CCl.CC(C)C(=O)CF.CC(C)CC(=O)/C=C/CN(C)C.CC(C)CC(=O)/C=C/CN(C)C.CC(C)NC(=O)CCl.CC(C)NC(=O)CF. The van der Waals surface area contributed by atoms with Crippen LogP contribution < -0.4 is 16.0 Å². The molecule has 0 aliphatic heterocycles. The molecule has 0 aromatic heterocycles. The van der Waals surface area contributed by atoms with Gasteiger partial charge in [-0.25, -0.2) is 8.78 Å². The molecule has 0 fully saturated rings. The van der Waals surface area contributed by atoms with Crippen molar-refractivity contribution in [3.8, 4) is 0 Å². The van der Waals surface area contributed by atoms with Gasteiger partial charge in [0.25, 0.3) is 5.91 Å². The van der Waals surface area contributed by atoms with Crippen LogP contribution in [0.5, 0.6) is 0 Å². The monoisotopic (exact) mass is 1030 g/mol. The molecule has 3 amide bonds. The van der Waals surface area contributed by atoms with Crippen molar-refractivity contribution in [3.05, 3.63) is 49.6 Å². The molecule has 0 saturated heterocycles. The van der Waals surface area contributed by atoms with E-state index in [1.54, 1.807) is 39.8 Å². The Balaban J connectivity index is -0.000000104. The molecular formula is C52H97Cl2F2N5O8. The first-order chi connectivity index (χ1) is 31.6. The van der Waals surface area contributed by atoms with Gasteiger partial charge >= 0.3 is 0 Å². The number of amides is 3. The fourth-order valence-electron chi connectivity index (χ4n) is 3.34. The molecule has 3 N–H and O–H groups in total. The summed E-state index contributed by atoms with van der Waals surface area (Å²) in [4.78, 5) is 88.1. The Morgan fingerprint density at radius 3 is 0.957 bits per heavy atom. The van der Waals surface area contributed by atoms with Crippen molar-refractivity contribution < 1.29 is 47.1 Å². The van der Waals surface area contributed by atoms with Crippen LogP contribution in [0.1, 0.15) is 124 Å². The van der Waals surface area contributed by atoms with Crippen molar-refractivity contribution in [3.63, 3.8) is 0 Å². The van der Waals surface area contributed by atoms with Crippen LogP contribution >= 0.6 is 23.2 Å². The second-order valence-corrected chi connectivity index (χ2v) is 18.8. The maximum absolute atomic E-state index is 11.3. The Morgan fingerprint density at radius 2 is 0.841 bits per heavy atom. The molecule has 0 radical (unpaired) electrons. The predicted molar refractivity (Wildman–Crippen MR) is 287 cm³/mol. The quantitative estimate of drug-likeness (QED) is 0.0699. The van der Waals surface area contributed by atoms with Crippen molar-refractivity contribution in [1.29, 1.82) is 0 Å². The molecule has 0 saturated carbocycles. The lowest BCUT2D eigenvalue weighted by atomic mass is 10.1. The molecule has 0 rings (SSSR count). The third-order valence-electron chi connectivity index (χ3n) is 6.85. The van der Waals surface area contributed by atoms with Gasteiger partial charge < -0.3 is 25.8 Å². The molecule has 0 aliphatic carbocycles. The molecule has 406 valence electrons.